The van der Waals surface area contributed by atoms with E-state index in [2.05, 4.69) is 20.3 Å². The summed E-state index contributed by atoms with van der Waals surface area (Å²) < 4.78 is 6.27. The highest BCUT2D eigenvalue weighted by Gasteiger charge is 2.18. The number of carboxylic acid groups (broad SMARTS) is 1. The van der Waals surface area contributed by atoms with Crippen LogP contribution in [-0.4, -0.2) is 43.1 Å². The van der Waals surface area contributed by atoms with E-state index in [1.165, 1.54) is 24.1 Å². The van der Waals surface area contributed by atoms with Gasteiger partial charge in [0.1, 0.15) is 6.07 Å². The van der Waals surface area contributed by atoms with Crippen LogP contribution in [0.1, 0.15) is 16.1 Å². The number of methoxy groups -OCH3 is 1. The van der Waals surface area contributed by atoms with Gasteiger partial charge in [-0.1, -0.05) is 0 Å². The van der Waals surface area contributed by atoms with Gasteiger partial charge < -0.3 is 9.84 Å². The first-order valence-electron chi connectivity index (χ1n) is 6.70. The molecule has 3 heterocycles. The Labute approximate surface area is 135 Å². The van der Waals surface area contributed by atoms with E-state index >= 15 is 0 Å². The van der Waals surface area contributed by atoms with E-state index in [4.69, 9.17) is 10.00 Å². The van der Waals surface area contributed by atoms with Crippen molar-refractivity contribution in [3.05, 3.63) is 47.8 Å². The summed E-state index contributed by atoms with van der Waals surface area (Å²) in [4.78, 5) is 15.4. The van der Waals surface area contributed by atoms with E-state index in [1.807, 2.05) is 6.07 Å². The van der Waals surface area contributed by atoms with Gasteiger partial charge in [0.15, 0.2) is 11.5 Å². The Kier molecular flexibility index (Phi) is 3.86. The fraction of sp³-hybridized carbons (Fsp3) is 0.0667. The van der Waals surface area contributed by atoms with Gasteiger partial charge in [0.2, 0.25) is 5.88 Å². The number of hydrogen-bond acceptors (Lipinski definition) is 7. The topological polar surface area (TPSA) is 127 Å². The molecule has 0 atom stereocenters. The van der Waals surface area contributed by atoms with Crippen LogP contribution in [0.25, 0.3) is 17.2 Å². The maximum Gasteiger partial charge on any atom is 0.356 e. The number of hydrogen-bond donors (Lipinski definition) is 1. The molecule has 0 radical (unpaired) electrons. The maximum absolute atomic E-state index is 11.2. The number of pyridine rings is 1. The second-order valence-corrected chi connectivity index (χ2v) is 4.61. The van der Waals surface area contributed by atoms with Gasteiger partial charge in [-0.15, -0.1) is 10.2 Å². The van der Waals surface area contributed by atoms with E-state index in [0.29, 0.717) is 28.6 Å². The van der Waals surface area contributed by atoms with Gasteiger partial charge in [-0.05, 0) is 18.2 Å². The second-order valence-electron chi connectivity index (χ2n) is 4.61. The molecule has 0 bridgehead atoms. The fourth-order valence-electron chi connectivity index (χ4n) is 1.99. The largest absolute Gasteiger partial charge is 0.480 e. The lowest BCUT2D eigenvalue weighted by Gasteiger charge is -2.06. The van der Waals surface area contributed by atoms with Crippen molar-refractivity contribution < 1.29 is 14.6 Å². The Morgan fingerprint density at radius 2 is 2.12 bits per heavy atom. The van der Waals surface area contributed by atoms with Gasteiger partial charge in [0.25, 0.3) is 0 Å². The van der Waals surface area contributed by atoms with E-state index in [1.54, 1.807) is 24.3 Å². The molecule has 118 valence electrons. The third-order valence-electron chi connectivity index (χ3n) is 3.14. The van der Waals surface area contributed by atoms with Crippen molar-refractivity contribution in [2.75, 3.05) is 7.11 Å². The molecule has 0 aromatic carbocycles. The van der Waals surface area contributed by atoms with Crippen LogP contribution in [0.4, 0.5) is 0 Å². The number of nitriles is 1. The molecule has 0 aliphatic rings. The summed E-state index contributed by atoms with van der Waals surface area (Å²) in [5.74, 6) is -0.544. The molecule has 1 N–H and O–H groups in total. The second kappa shape index (κ2) is 6.13. The van der Waals surface area contributed by atoms with E-state index < -0.39 is 5.97 Å². The molecule has 9 heteroatoms. The zero-order valence-corrected chi connectivity index (χ0v) is 12.4. The molecule has 0 saturated carbocycles. The monoisotopic (exact) mass is 322 g/mol. The van der Waals surface area contributed by atoms with Crippen LogP contribution in [0.2, 0.25) is 0 Å². The minimum atomic E-state index is -1.18. The quantitative estimate of drug-likeness (QED) is 0.761. The van der Waals surface area contributed by atoms with Crippen LogP contribution >= 0.6 is 0 Å². The van der Waals surface area contributed by atoms with Crippen LogP contribution in [0.15, 0.2) is 36.5 Å². The first-order chi connectivity index (χ1) is 11.6. The van der Waals surface area contributed by atoms with Crippen LogP contribution < -0.4 is 4.74 Å². The molecule has 0 fully saturated rings. The zero-order valence-electron chi connectivity index (χ0n) is 12.4. The molecule has 3 rings (SSSR count). The lowest BCUT2D eigenvalue weighted by Crippen LogP contribution is -2.06. The van der Waals surface area contributed by atoms with Crippen molar-refractivity contribution in [1.29, 1.82) is 5.26 Å². The zero-order chi connectivity index (χ0) is 17.1. The summed E-state index contributed by atoms with van der Waals surface area (Å²) in [5.41, 5.74) is 1.10. The molecule has 0 amide bonds. The SMILES string of the molecule is COc1ccc(-n2nc(C(=O)O)cc2-c2ccc(C#N)cn2)nn1. The standard InChI is InChI=1S/C15H10N6O3/c1-24-14-5-4-13(18-19-14)21-12(6-11(20-21)15(22)23)10-3-2-9(7-16)8-17-10/h2-6,8H,1H3,(H,22,23). The molecule has 0 aliphatic carbocycles. The Hall–Kier alpha value is -3.80. The third-order valence-corrected chi connectivity index (χ3v) is 3.14. The summed E-state index contributed by atoms with van der Waals surface area (Å²) in [6, 6.07) is 9.72. The first-order valence-corrected chi connectivity index (χ1v) is 6.70. The van der Waals surface area contributed by atoms with E-state index in [9.17, 15) is 9.90 Å². The van der Waals surface area contributed by atoms with Gasteiger partial charge in [-0.2, -0.15) is 10.4 Å². The van der Waals surface area contributed by atoms with Gasteiger partial charge in [-0.25, -0.2) is 9.48 Å². The Bertz CT molecular complexity index is 925. The summed E-state index contributed by atoms with van der Waals surface area (Å²) in [5, 5.41) is 29.9. The third kappa shape index (κ3) is 2.76. The van der Waals surface area contributed by atoms with Crippen LogP contribution in [0.3, 0.4) is 0 Å². The summed E-state index contributed by atoms with van der Waals surface area (Å²) >= 11 is 0. The summed E-state index contributed by atoms with van der Waals surface area (Å²) in [6.45, 7) is 0. The molecule has 0 unspecified atom stereocenters. The minimum Gasteiger partial charge on any atom is -0.480 e. The van der Waals surface area contributed by atoms with Crippen molar-refractivity contribution in [2.24, 2.45) is 0 Å². The number of carboxylic acids is 1. The molecule has 0 saturated heterocycles. The highest BCUT2D eigenvalue weighted by atomic mass is 16.5. The van der Waals surface area contributed by atoms with Crippen molar-refractivity contribution in [3.63, 3.8) is 0 Å². The Balaban J connectivity index is 2.13. The average Bonchev–Trinajstić information content (AvgIpc) is 3.07. The Morgan fingerprint density at radius 1 is 1.29 bits per heavy atom. The van der Waals surface area contributed by atoms with Crippen LogP contribution in [0, 0.1) is 11.3 Å². The van der Waals surface area contributed by atoms with Crippen molar-refractivity contribution in [3.8, 4) is 29.2 Å². The fourth-order valence-corrected chi connectivity index (χ4v) is 1.99. The van der Waals surface area contributed by atoms with E-state index in [-0.39, 0.29) is 5.69 Å². The number of carbonyl (C=O) groups is 1. The number of rotatable bonds is 4. The first kappa shape index (κ1) is 15.1. The van der Waals surface area contributed by atoms with Crippen LogP contribution in [-0.2, 0) is 0 Å². The molecule has 3 aromatic rings. The Morgan fingerprint density at radius 3 is 2.67 bits per heavy atom. The van der Waals surface area contributed by atoms with Crippen LogP contribution in [0.5, 0.6) is 5.88 Å². The van der Waals surface area contributed by atoms with Gasteiger partial charge in [0, 0.05) is 18.3 Å². The van der Waals surface area contributed by atoms with Gasteiger partial charge >= 0.3 is 5.97 Å². The van der Waals surface area contributed by atoms with Crippen molar-refractivity contribution in [1.82, 2.24) is 25.0 Å². The van der Waals surface area contributed by atoms with Gasteiger partial charge in [0.05, 0.1) is 24.1 Å². The van der Waals surface area contributed by atoms with Gasteiger partial charge in [-0.3, -0.25) is 4.98 Å². The smallest absolute Gasteiger partial charge is 0.356 e. The highest BCUT2D eigenvalue weighted by molar-refractivity contribution is 5.87. The molecular formula is C15H10N6O3. The lowest BCUT2D eigenvalue weighted by molar-refractivity contribution is 0.0690. The highest BCUT2D eigenvalue weighted by Crippen LogP contribution is 2.22. The predicted molar refractivity (Wildman–Crippen MR) is 80.6 cm³/mol. The maximum atomic E-state index is 11.2. The summed E-state index contributed by atoms with van der Waals surface area (Å²) in [7, 11) is 1.46. The molecule has 0 spiro atoms. The average molecular weight is 322 g/mol. The molecule has 24 heavy (non-hydrogen) atoms. The minimum absolute atomic E-state index is 0.159. The summed E-state index contributed by atoms with van der Waals surface area (Å²) in [6.07, 6.45) is 1.40. The normalized spacial score (nSPS) is 10.2. The van der Waals surface area contributed by atoms with Crippen molar-refractivity contribution >= 4 is 5.97 Å². The number of ether oxygens (including phenoxy) is 1. The number of nitrogens with zero attached hydrogens (tertiary/aromatic N) is 6. The molecular weight excluding hydrogens is 312 g/mol. The predicted octanol–water partition coefficient (Wildman–Crippen LogP) is 1.30. The lowest BCUT2D eigenvalue weighted by atomic mass is 10.2. The molecule has 9 nitrogen and oxygen atoms in total. The van der Waals surface area contributed by atoms with E-state index in [0.717, 1.165) is 0 Å². The van der Waals surface area contributed by atoms with Crippen molar-refractivity contribution in [2.45, 2.75) is 0 Å². The molecule has 0 aliphatic heterocycles. The number of aromatic nitrogens is 5. The number of aromatic carboxylic acids is 1. The molecule has 3 aromatic heterocycles.